The SMILES string of the molecule is CNC(CCCNS(=O)(=O)c1ccc(C)cc1)C(=O)O. The highest BCUT2D eigenvalue weighted by atomic mass is 32.2. The van der Waals surface area contributed by atoms with Gasteiger partial charge in [0.2, 0.25) is 10.0 Å². The van der Waals surface area contributed by atoms with E-state index in [4.69, 9.17) is 5.11 Å². The number of nitrogens with one attached hydrogen (secondary N) is 2. The lowest BCUT2D eigenvalue weighted by molar-refractivity contribution is -0.139. The molecule has 0 aromatic heterocycles. The van der Waals surface area contributed by atoms with Crippen LogP contribution in [0.15, 0.2) is 29.2 Å². The standard InChI is InChI=1S/C13H20N2O4S/c1-10-5-7-11(8-6-10)20(18,19)15-9-3-4-12(14-2)13(16)17/h5-8,12,14-15H,3-4,9H2,1-2H3,(H,16,17). The summed E-state index contributed by atoms with van der Waals surface area (Å²) in [5.41, 5.74) is 0.988. The highest BCUT2D eigenvalue weighted by Crippen LogP contribution is 2.09. The van der Waals surface area contributed by atoms with Crippen molar-refractivity contribution in [2.75, 3.05) is 13.6 Å². The molecule has 1 aromatic rings. The molecule has 0 aliphatic carbocycles. The van der Waals surface area contributed by atoms with Crippen molar-refractivity contribution in [3.63, 3.8) is 0 Å². The van der Waals surface area contributed by atoms with Crippen LogP contribution in [0.4, 0.5) is 0 Å². The summed E-state index contributed by atoms with van der Waals surface area (Å²) in [6.45, 7) is 2.09. The molecule has 7 heteroatoms. The monoisotopic (exact) mass is 300 g/mol. The number of likely N-dealkylation sites (N-methyl/N-ethyl adjacent to an activating group) is 1. The van der Waals surface area contributed by atoms with Crippen molar-refractivity contribution in [3.8, 4) is 0 Å². The van der Waals surface area contributed by atoms with Crippen molar-refractivity contribution < 1.29 is 18.3 Å². The molecule has 0 heterocycles. The van der Waals surface area contributed by atoms with Gasteiger partial charge < -0.3 is 10.4 Å². The number of sulfonamides is 1. The highest BCUT2D eigenvalue weighted by molar-refractivity contribution is 7.89. The van der Waals surface area contributed by atoms with E-state index in [1.54, 1.807) is 31.3 Å². The molecule has 0 saturated carbocycles. The van der Waals surface area contributed by atoms with Crippen molar-refractivity contribution in [1.29, 1.82) is 0 Å². The number of hydrogen-bond acceptors (Lipinski definition) is 4. The van der Waals surface area contributed by atoms with Gasteiger partial charge in [0.15, 0.2) is 0 Å². The van der Waals surface area contributed by atoms with Crippen molar-refractivity contribution in [1.82, 2.24) is 10.0 Å². The second kappa shape index (κ2) is 7.37. The van der Waals surface area contributed by atoms with E-state index in [-0.39, 0.29) is 11.4 Å². The zero-order valence-corrected chi connectivity index (χ0v) is 12.4. The molecule has 112 valence electrons. The van der Waals surface area contributed by atoms with Gasteiger partial charge >= 0.3 is 5.97 Å². The van der Waals surface area contributed by atoms with E-state index in [9.17, 15) is 13.2 Å². The summed E-state index contributed by atoms with van der Waals surface area (Å²) in [7, 11) is -1.96. The minimum absolute atomic E-state index is 0.210. The van der Waals surface area contributed by atoms with Crippen molar-refractivity contribution in [2.45, 2.75) is 30.7 Å². The summed E-state index contributed by atoms with van der Waals surface area (Å²) in [6.07, 6.45) is 0.811. The fourth-order valence-corrected chi connectivity index (χ4v) is 2.78. The molecule has 0 bridgehead atoms. The highest BCUT2D eigenvalue weighted by Gasteiger charge is 2.16. The van der Waals surface area contributed by atoms with Crippen molar-refractivity contribution in [2.24, 2.45) is 0 Å². The molecular formula is C13H20N2O4S. The number of hydrogen-bond donors (Lipinski definition) is 3. The van der Waals surface area contributed by atoms with E-state index in [0.29, 0.717) is 12.8 Å². The maximum Gasteiger partial charge on any atom is 0.320 e. The number of carboxylic acid groups (broad SMARTS) is 1. The molecule has 1 atom stereocenters. The van der Waals surface area contributed by atoms with Gasteiger partial charge in [-0.1, -0.05) is 17.7 Å². The Morgan fingerprint density at radius 3 is 2.40 bits per heavy atom. The molecule has 1 aromatic carbocycles. The zero-order chi connectivity index (χ0) is 15.2. The van der Waals surface area contributed by atoms with Gasteiger partial charge in [-0.05, 0) is 38.9 Å². The second-order valence-electron chi connectivity index (χ2n) is 4.53. The lowest BCUT2D eigenvalue weighted by atomic mass is 10.1. The Morgan fingerprint density at radius 1 is 1.30 bits per heavy atom. The third-order valence-corrected chi connectivity index (χ3v) is 4.42. The van der Waals surface area contributed by atoms with Gasteiger partial charge in [-0.3, -0.25) is 4.79 Å². The first-order valence-electron chi connectivity index (χ1n) is 6.33. The average molecular weight is 300 g/mol. The van der Waals surface area contributed by atoms with Crippen molar-refractivity contribution in [3.05, 3.63) is 29.8 Å². The Balaban J connectivity index is 2.48. The Kier molecular flexibility index (Phi) is 6.12. The third kappa shape index (κ3) is 4.92. The van der Waals surface area contributed by atoms with Gasteiger partial charge in [0, 0.05) is 6.54 Å². The Labute approximate surface area is 119 Å². The molecule has 3 N–H and O–H groups in total. The Bertz CT molecular complexity index is 540. The molecule has 1 rings (SSSR count). The summed E-state index contributed by atoms with van der Waals surface area (Å²) in [5, 5.41) is 11.5. The van der Waals surface area contributed by atoms with Gasteiger partial charge in [-0.2, -0.15) is 0 Å². The predicted molar refractivity (Wildman–Crippen MR) is 76.1 cm³/mol. The first-order valence-corrected chi connectivity index (χ1v) is 7.81. The number of aliphatic carboxylic acids is 1. The Morgan fingerprint density at radius 2 is 1.90 bits per heavy atom. The van der Waals surface area contributed by atoms with Crippen LogP contribution in [0.3, 0.4) is 0 Å². The van der Waals surface area contributed by atoms with Crippen LogP contribution >= 0.6 is 0 Å². The second-order valence-corrected chi connectivity index (χ2v) is 6.30. The number of aryl methyl sites for hydroxylation is 1. The topological polar surface area (TPSA) is 95.5 Å². The first-order chi connectivity index (χ1) is 9.36. The van der Waals surface area contributed by atoms with Gasteiger partial charge in [0.05, 0.1) is 4.90 Å². The van der Waals surface area contributed by atoms with Crippen LogP contribution in [0.5, 0.6) is 0 Å². The molecule has 0 saturated heterocycles. The van der Waals surface area contributed by atoms with Crippen LogP contribution in [-0.2, 0) is 14.8 Å². The predicted octanol–water partition coefficient (Wildman–Crippen LogP) is 0.726. The number of carboxylic acids is 1. The molecular weight excluding hydrogens is 280 g/mol. The molecule has 0 spiro atoms. The normalized spacial score (nSPS) is 13.1. The van der Waals surface area contributed by atoms with Gasteiger partial charge in [0.25, 0.3) is 0 Å². The van der Waals surface area contributed by atoms with E-state index in [0.717, 1.165) is 5.56 Å². The summed E-state index contributed by atoms with van der Waals surface area (Å²) >= 11 is 0. The lowest BCUT2D eigenvalue weighted by Crippen LogP contribution is -2.35. The number of benzene rings is 1. The molecule has 0 fully saturated rings. The van der Waals surface area contributed by atoms with Gasteiger partial charge in [-0.25, -0.2) is 13.1 Å². The summed E-state index contributed by atoms with van der Waals surface area (Å²) in [5.74, 6) is -0.936. The van der Waals surface area contributed by atoms with Gasteiger partial charge in [0.1, 0.15) is 6.04 Å². The van der Waals surface area contributed by atoms with E-state index in [1.807, 2.05) is 6.92 Å². The molecule has 0 radical (unpaired) electrons. The number of carbonyl (C=O) groups is 1. The van der Waals surface area contributed by atoms with Gasteiger partial charge in [-0.15, -0.1) is 0 Å². The lowest BCUT2D eigenvalue weighted by Gasteiger charge is -2.11. The van der Waals surface area contributed by atoms with Crippen LogP contribution in [-0.4, -0.2) is 39.1 Å². The largest absolute Gasteiger partial charge is 0.480 e. The molecule has 6 nitrogen and oxygen atoms in total. The number of rotatable bonds is 8. The van der Waals surface area contributed by atoms with E-state index < -0.39 is 22.0 Å². The van der Waals surface area contributed by atoms with Crippen molar-refractivity contribution >= 4 is 16.0 Å². The zero-order valence-electron chi connectivity index (χ0n) is 11.6. The molecule has 20 heavy (non-hydrogen) atoms. The van der Waals surface area contributed by atoms with E-state index in [2.05, 4.69) is 10.0 Å². The van der Waals surface area contributed by atoms with Crippen LogP contribution in [0.1, 0.15) is 18.4 Å². The summed E-state index contributed by atoms with van der Waals surface area (Å²) in [4.78, 5) is 11.0. The summed E-state index contributed by atoms with van der Waals surface area (Å²) in [6, 6.07) is 5.90. The maximum atomic E-state index is 11.9. The third-order valence-electron chi connectivity index (χ3n) is 2.94. The maximum absolute atomic E-state index is 11.9. The fourth-order valence-electron chi connectivity index (χ4n) is 1.70. The average Bonchev–Trinajstić information content (AvgIpc) is 2.38. The van der Waals surface area contributed by atoms with Crippen LogP contribution in [0, 0.1) is 6.92 Å². The van der Waals surface area contributed by atoms with E-state index >= 15 is 0 Å². The molecule has 0 aliphatic heterocycles. The first kappa shape index (κ1) is 16.6. The summed E-state index contributed by atoms with van der Waals surface area (Å²) < 4.78 is 26.4. The minimum atomic E-state index is -3.52. The van der Waals surface area contributed by atoms with E-state index in [1.165, 1.54) is 0 Å². The molecule has 1 unspecified atom stereocenters. The van der Waals surface area contributed by atoms with Crippen LogP contribution in [0.25, 0.3) is 0 Å². The van der Waals surface area contributed by atoms with Crippen LogP contribution < -0.4 is 10.0 Å². The molecule has 0 aliphatic rings. The Hall–Kier alpha value is -1.44. The fraction of sp³-hybridized carbons (Fsp3) is 0.462. The minimum Gasteiger partial charge on any atom is -0.480 e. The van der Waals surface area contributed by atoms with Crippen LogP contribution in [0.2, 0.25) is 0 Å². The smallest absolute Gasteiger partial charge is 0.320 e. The quantitative estimate of drug-likeness (QED) is 0.615. The molecule has 0 amide bonds.